The predicted molar refractivity (Wildman–Crippen MR) is 138 cm³/mol. The molecule has 0 aromatic heterocycles. The fourth-order valence-electron chi connectivity index (χ4n) is 3.89. The van der Waals surface area contributed by atoms with Crippen molar-refractivity contribution in [2.45, 2.75) is 26.9 Å². The Hall–Kier alpha value is -3.12. The molecule has 0 saturated heterocycles. The van der Waals surface area contributed by atoms with Gasteiger partial charge in [0.1, 0.15) is 12.0 Å². The van der Waals surface area contributed by atoms with Crippen molar-refractivity contribution in [3.05, 3.63) is 63.1 Å². The van der Waals surface area contributed by atoms with Crippen LogP contribution in [-0.4, -0.2) is 55.0 Å². The Morgan fingerprint density at radius 3 is 2.29 bits per heavy atom. The van der Waals surface area contributed by atoms with E-state index in [4.69, 9.17) is 21.1 Å². The topological polar surface area (TPSA) is 88.5 Å². The van der Waals surface area contributed by atoms with E-state index in [0.717, 1.165) is 27.6 Å². The number of benzene rings is 2. The number of amides is 2. The quantitative estimate of drug-likeness (QED) is 0.359. The van der Waals surface area contributed by atoms with Gasteiger partial charge in [0.2, 0.25) is 0 Å². The summed E-state index contributed by atoms with van der Waals surface area (Å²) >= 11 is 9.21. The highest BCUT2D eigenvalue weighted by Crippen LogP contribution is 2.38. The molecule has 1 aliphatic rings. The van der Waals surface area contributed by atoms with Gasteiger partial charge in [-0.1, -0.05) is 33.6 Å². The minimum Gasteiger partial charge on any atom is -0.465 e. The molecule has 1 atom stereocenters. The highest BCUT2D eigenvalue weighted by atomic mass is 79.9. The van der Waals surface area contributed by atoms with Crippen LogP contribution in [0.25, 0.3) is 0 Å². The van der Waals surface area contributed by atoms with Gasteiger partial charge in [-0.3, -0.25) is 14.6 Å². The number of carbonyl (C=O) groups excluding carboxylic acids is 3. The van der Waals surface area contributed by atoms with E-state index < -0.39 is 46.7 Å². The number of ether oxygens (including phenoxy) is 2. The van der Waals surface area contributed by atoms with Crippen molar-refractivity contribution in [3.63, 3.8) is 0 Å². The Morgan fingerprint density at radius 1 is 1.11 bits per heavy atom. The average Bonchev–Trinajstić information content (AvgIpc) is 3.17. The molecule has 3 rings (SSSR count). The summed E-state index contributed by atoms with van der Waals surface area (Å²) in [5.74, 6) is -1.38. The highest BCUT2D eigenvalue weighted by Gasteiger charge is 2.48. The molecular formula is C25H24BrClF3N3O5. The highest BCUT2D eigenvalue weighted by molar-refractivity contribution is 9.10. The first-order valence-electron chi connectivity index (χ1n) is 11.5. The van der Waals surface area contributed by atoms with Crippen LogP contribution in [-0.2, 0) is 25.2 Å². The number of hydrazone groups is 1. The van der Waals surface area contributed by atoms with Crippen LogP contribution >= 0.6 is 27.5 Å². The maximum Gasteiger partial charge on any atom is 0.421 e. The van der Waals surface area contributed by atoms with E-state index in [1.165, 1.54) is 11.9 Å². The lowest BCUT2D eigenvalue weighted by Crippen LogP contribution is -2.45. The summed E-state index contributed by atoms with van der Waals surface area (Å²) in [4.78, 5) is 39.7. The molecule has 1 unspecified atom stereocenters. The molecule has 204 valence electrons. The normalized spacial score (nSPS) is 17.2. The minimum atomic E-state index is -4.67. The Kier molecular flexibility index (Phi) is 9.09. The summed E-state index contributed by atoms with van der Waals surface area (Å²) in [6.07, 6.45) is -5.56. The third-order valence-corrected chi connectivity index (χ3v) is 6.48. The Balaban J connectivity index is 1.98. The number of hydrogen-bond donors (Lipinski definition) is 0. The molecule has 0 N–H and O–H groups in total. The van der Waals surface area contributed by atoms with Crippen molar-refractivity contribution < 1.29 is 37.0 Å². The molecule has 38 heavy (non-hydrogen) atoms. The van der Waals surface area contributed by atoms with Gasteiger partial charge in [0, 0.05) is 10.0 Å². The van der Waals surface area contributed by atoms with E-state index >= 15 is 0 Å². The zero-order chi connectivity index (χ0) is 28.3. The number of halogens is 5. The number of nitrogens with zero attached hydrogens (tertiary/aromatic N) is 3. The molecule has 8 nitrogen and oxygen atoms in total. The lowest BCUT2D eigenvalue weighted by Gasteiger charge is -2.26. The average molecular weight is 619 g/mol. The van der Waals surface area contributed by atoms with Crippen LogP contribution in [0.1, 0.15) is 31.9 Å². The van der Waals surface area contributed by atoms with Gasteiger partial charge < -0.3 is 9.47 Å². The summed E-state index contributed by atoms with van der Waals surface area (Å²) in [5, 5.41) is 5.07. The second kappa shape index (κ2) is 11.7. The number of carbonyl (C=O) groups is 3. The summed E-state index contributed by atoms with van der Waals surface area (Å²) in [6, 6.07) is 9.41. The Morgan fingerprint density at radius 2 is 1.74 bits per heavy atom. The van der Waals surface area contributed by atoms with Crippen LogP contribution < -0.4 is 4.90 Å². The van der Waals surface area contributed by atoms with Crippen molar-refractivity contribution in [3.8, 4) is 0 Å². The van der Waals surface area contributed by atoms with Crippen LogP contribution in [0.15, 0.2) is 52.0 Å². The molecule has 1 heterocycles. The Bertz CT molecular complexity index is 1260. The number of hydrogen-bond acceptors (Lipinski definition) is 7. The molecule has 0 spiro atoms. The molecule has 0 radical (unpaired) electrons. The smallest absolute Gasteiger partial charge is 0.421 e. The molecule has 0 bridgehead atoms. The van der Waals surface area contributed by atoms with Gasteiger partial charge in [0.25, 0.3) is 5.91 Å². The van der Waals surface area contributed by atoms with E-state index in [2.05, 4.69) is 21.0 Å². The van der Waals surface area contributed by atoms with Crippen molar-refractivity contribution in [1.29, 1.82) is 0 Å². The maximum atomic E-state index is 13.3. The monoisotopic (exact) mass is 617 g/mol. The van der Waals surface area contributed by atoms with Crippen LogP contribution in [0.4, 0.5) is 23.7 Å². The first-order chi connectivity index (χ1) is 17.8. The zero-order valence-electron chi connectivity index (χ0n) is 20.6. The Labute approximate surface area is 230 Å². The van der Waals surface area contributed by atoms with Gasteiger partial charge in [-0.05, 0) is 57.2 Å². The molecule has 1 aliphatic heterocycles. The fourth-order valence-corrected chi connectivity index (χ4v) is 4.45. The van der Waals surface area contributed by atoms with E-state index in [-0.39, 0.29) is 36.7 Å². The van der Waals surface area contributed by atoms with Gasteiger partial charge in [0.05, 0.1) is 41.7 Å². The third-order valence-electron chi connectivity index (χ3n) is 5.64. The fraction of sp³-hybridized carbons (Fsp3) is 0.360. The van der Waals surface area contributed by atoms with Gasteiger partial charge in [-0.2, -0.15) is 18.3 Å². The van der Waals surface area contributed by atoms with Crippen LogP contribution in [0.2, 0.25) is 5.02 Å². The molecule has 2 amide bonds. The molecule has 13 heteroatoms. The van der Waals surface area contributed by atoms with Crippen LogP contribution in [0.3, 0.4) is 0 Å². The van der Waals surface area contributed by atoms with Crippen molar-refractivity contribution in [1.82, 2.24) is 5.01 Å². The van der Waals surface area contributed by atoms with Crippen molar-refractivity contribution >= 4 is 56.9 Å². The summed E-state index contributed by atoms with van der Waals surface area (Å²) in [6.45, 7) is 4.22. The predicted octanol–water partition coefficient (Wildman–Crippen LogP) is 5.90. The van der Waals surface area contributed by atoms with Crippen molar-refractivity contribution in [2.24, 2.45) is 10.5 Å². The standard InChI is InChI=1S/C25H24BrClF3N3O5/c1-4-37-22(35)24(3)14-32(31-21(24)15-6-11-18(19(27)12-15)25(28,29)30)13-20(34)33(23(36)38-5-2)17-9-7-16(26)8-10-17/h6-12H,4-5,13-14H2,1-3H3. The lowest BCUT2D eigenvalue weighted by atomic mass is 9.82. The number of imide groups is 1. The van der Waals surface area contributed by atoms with E-state index in [1.54, 1.807) is 38.1 Å². The van der Waals surface area contributed by atoms with Gasteiger partial charge in [-0.15, -0.1) is 0 Å². The summed E-state index contributed by atoms with van der Waals surface area (Å²) < 4.78 is 50.6. The third kappa shape index (κ3) is 6.29. The second-order valence-corrected chi connectivity index (χ2v) is 9.74. The minimum absolute atomic E-state index is 0.0285. The molecule has 0 aliphatic carbocycles. The number of rotatable bonds is 7. The first-order valence-corrected chi connectivity index (χ1v) is 12.6. The first kappa shape index (κ1) is 29.4. The van der Waals surface area contributed by atoms with Gasteiger partial charge >= 0.3 is 18.2 Å². The largest absolute Gasteiger partial charge is 0.465 e. The molecule has 0 saturated carbocycles. The van der Waals surface area contributed by atoms with Crippen LogP contribution in [0, 0.1) is 5.41 Å². The van der Waals surface area contributed by atoms with Gasteiger partial charge in [0.15, 0.2) is 0 Å². The van der Waals surface area contributed by atoms with Gasteiger partial charge in [-0.25, -0.2) is 9.69 Å². The summed E-state index contributed by atoms with van der Waals surface area (Å²) in [7, 11) is 0. The number of esters is 1. The number of alkyl halides is 3. The van der Waals surface area contributed by atoms with E-state index in [0.29, 0.717) is 0 Å². The number of anilines is 1. The zero-order valence-corrected chi connectivity index (χ0v) is 23.0. The second-order valence-electron chi connectivity index (χ2n) is 8.42. The lowest BCUT2D eigenvalue weighted by molar-refractivity contribution is -0.150. The summed E-state index contributed by atoms with van der Waals surface area (Å²) in [5.41, 5.74) is -1.99. The molecule has 0 fully saturated rings. The SMILES string of the molecule is CCOC(=O)N(C(=O)CN1CC(C)(C(=O)OCC)C(c2ccc(C(F)(F)F)c(Cl)c2)=N1)c1ccc(Br)cc1. The van der Waals surface area contributed by atoms with E-state index in [1.807, 2.05) is 0 Å². The van der Waals surface area contributed by atoms with Crippen LogP contribution in [0.5, 0.6) is 0 Å². The molecule has 2 aromatic rings. The van der Waals surface area contributed by atoms with E-state index in [9.17, 15) is 27.6 Å². The van der Waals surface area contributed by atoms with Crippen molar-refractivity contribution in [2.75, 3.05) is 31.2 Å². The maximum absolute atomic E-state index is 13.3. The molecule has 2 aromatic carbocycles. The molecular weight excluding hydrogens is 595 g/mol.